The van der Waals surface area contributed by atoms with Crippen molar-refractivity contribution >= 4 is 40.0 Å². The van der Waals surface area contributed by atoms with Crippen LogP contribution in [-0.4, -0.2) is 44.2 Å². The highest BCUT2D eigenvalue weighted by Gasteiger charge is 2.23. The van der Waals surface area contributed by atoms with Crippen LogP contribution in [0.15, 0.2) is 42.5 Å². The Bertz CT molecular complexity index is 1270. The Morgan fingerprint density at radius 2 is 2.09 bits per heavy atom. The van der Waals surface area contributed by atoms with Crippen molar-refractivity contribution in [2.75, 3.05) is 37.6 Å². The molecule has 176 valence electrons. The minimum atomic E-state index is -0.294. The maximum absolute atomic E-state index is 12.5. The fourth-order valence-electron chi connectivity index (χ4n) is 3.52. The van der Waals surface area contributed by atoms with E-state index in [1.807, 2.05) is 50.2 Å². The average Bonchev–Trinajstić information content (AvgIpc) is 3.20. The maximum Gasteiger partial charge on any atom is 0.264 e. The van der Waals surface area contributed by atoms with E-state index in [2.05, 4.69) is 10.3 Å². The Kier molecular flexibility index (Phi) is 6.83. The Labute approximate surface area is 201 Å². The van der Waals surface area contributed by atoms with Crippen LogP contribution >= 0.6 is 11.3 Å². The van der Waals surface area contributed by atoms with Crippen LogP contribution < -0.4 is 24.4 Å². The number of likely N-dealkylation sites (N-methyl/N-ethyl adjacent to an activating group) is 1. The summed E-state index contributed by atoms with van der Waals surface area (Å²) in [5.74, 6) is 1.51. The van der Waals surface area contributed by atoms with Crippen molar-refractivity contribution in [2.45, 2.75) is 13.8 Å². The molecular weight excluding hydrogens is 454 g/mol. The van der Waals surface area contributed by atoms with Crippen LogP contribution in [0.25, 0.3) is 17.3 Å². The molecule has 1 aliphatic heterocycles. The molecule has 1 aromatic heterocycles. The number of rotatable bonds is 7. The molecule has 0 fully saturated rings. The van der Waals surface area contributed by atoms with Crippen molar-refractivity contribution in [1.82, 2.24) is 4.98 Å². The van der Waals surface area contributed by atoms with Gasteiger partial charge in [0, 0.05) is 23.6 Å². The van der Waals surface area contributed by atoms with E-state index in [9.17, 15) is 9.59 Å². The quantitative estimate of drug-likeness (QED) is 0.501. The van der Waals surface area contributed by atoms with Gasteiger partial charge >= 0.3 is 0 Å². The normalized spacial score (nSPS) is 12.9. The Balaban J connectivity index is 1.48. The summed E-state index contributed by atoms with van der Waals surface area (Å²) in [6.07, 6.45) is 3.15. The van der Waals surface area contributed by atoms with Gasteiger partial charge in [-0.2, -0.15) is 0 Å². The summed E-state index contributed by atoms with van der Waals surface area (Å²) in [4.78, 5) is 31.6. The highest BCUT2D eigenvalue weighted by Crippen LogP contribution is 2.38. The summed E-state index contributed by atoms with van der Waals surface area (Å²) in [6, 6.07) is 11.1. The standard InChI is InChI=1S/C25H25N3O5S/c1-5-32-20-9-6-16(12-21(20)31-4)7-11-22(29)26-25-27-24(15(2)34-25)17-8-10-19-18(13-17)28(3)23(30)14-33-19/h6-13H,5,14H2,1-4H3,(H,26,27,29)/b11-7+. The molecule has 34 heavy (non-hydrogen) atoms. The van der Waals surface area contributed by atoms with E-state index in [1.54, 1.807) is 25.1 Å². The molecule has 0 unspecified atom stereocenters. The number of thiazole rings is 1. The van der Waals surface area contributed by atoms with Crippen molar-refractivity contribution in [3.63, 3.8) is 0 Å². The first kappa shape index (κ1) is 23.3. The molecule has 0 aliphatic carbocycles. The summed E-state index contributed by atoms with van der Waals surface area (Å²) in [7, 11) is 3.30. The molecule has 0 radical (unpaired) electrons. The van der Waals surface area contributed by atoms with E-state index in [4.69, 9.17) is 14.2 Å². The minimum Gasteiger partial charge on any atom is -0.493 e. The van der Waals surface area contributed by atoms with Gasteiger partial charge in [0.1, 0.15) is 5.75 Å². The first-order valence-electron chi connectivity index (χ1n) is 10.7. The highest BCUT2D eigenvalue weighted by atomic mass is 32.1. The van der Waals surface area contributed by atoms with Gasteiger partial charge in [-0.05, 0) is 55.8 Å². The summed E-state index contributed by atoms with van der Waals surface area (Å²) in [5.41, 5.74) is 3.09. The van der Waals surface area contributed by atoms with Crippen LogP contribution in [0.3, 0.4) is 0 Å². The Hall–Kier alpha value is -3.85. The lowest BCUT2D eigenvalue weighted by molar-refractivity contribution is -0.121. The van der Waals surface area contributed by atoms with E-state index in [0.717, 1.165) is 21.7 Å². The number of carbonyl (C=O) groups excluding carboxylic acids is 2. The Morgan fingerprint density at radius 1 is 1.26 bits per heavy atom. The number of aryl methyl sites for hydroxylation is 1. The van der Waals surface area contributed by atoms with Crippen molar-refractivity contribution < 1.29 is 23.8 Å². The molecule has 0 bridgehead atoms. The van der Waals surface area contributed by atoms with Crippen molar-refractivity contribution in [1.29, 1.82) is 0 Å². The molecule has 2 amide bonds. The van der Waals surface area contributed by atoms with Gasteiger partial charge in [0.25, 0.3) is 5.91 Å². The third-order valence-electron chi connectivity index (χ3n) is 5.26. The largest absolute Gasteiger partial charge is 0.493 e. The topological polar surface area (TPSA) is 90.0 Å². The van der Waals surface area contributed by atoms with Gasteiger partial charge in [-0.15, -0.1) is 11.3 Å². The summed E-state index contributed by atoms with van der Waals surface area (Å²) in [6.45, 7) is 4.42. The van der Waals surface area contributed by atoms with Gasteiger partial charge in [-0.25, -0.2) is 4.98 Å². The number of hydrogen-bond donors (Lipinski definition) is 1. The smallest absolute Gasteiger partial charge is 0.264 e. The number of amides is 2. The predicted octanol–water partition coefficient (Wildman–Crippen LogP) is 4.53. The van der Waals surface area contributed by atoms with E-state index < -0.39 is 0 Å². The molecule has 2 aromatic carbocycles. The average molecular weight is 480 g/mol. The monoisotopic (exact) mass is 479 g/mol. The first-order chi connectivity index (χ1) is 16.4. The second-order valence-electron chi connectivity index (χ2n) is 7.51. The molecule has 4 rings (SSSR count). The van der Waals surface area contributed by atoms with E-state index in [0.29, 0.717) is 34.7 Å². The molecule has 0 saturated carbocycles. The fraction of sp³-hybridized carbons (Fsp3) is 0.240. The number of fused-ring (bicyclic) bond motifs is 1. The second kappa shape index (κ2) is 9.96. The molecule has 3 aromatic rings. The first-order valence-corrected chi connectivity index (χ1v) is 11.5. The van der Waals surface area contributed by atoms with Gasteiger partial charge < -0.3 is 19.1 Å². The zero-order valence-electron chi connectivity index (χ0n) is 19.4. The maximum atomic E-state index is 12.5. The van der Waals surface area contributed by atoms with Gasteiger partial charge in [0.05, 0.1) is 25.1 Å². The van der Waals surface area contributed by atoms with Crippen LogP contribution in [-0.2, 0) is 9.59 Å². The van der Waals surface area contributed by atoms with Crippen molar-refractivity contribution in [3.8, 4) is 28.5 Å². The van der Waals surface area contributed by atoms with Crippen LogP contribution in [0.5, 0.6) is 17.2 Å². The van der Waals surface area contributed by atoms with E-state index in [1.165, 1.54) is 17.4 Å². The lowest BCUT2D eigenvalue weighted by Crippen LogP contribution is -2.35. The number of hydrogen-bond acceptors (Lipinski definition) is 7. The Morgan fingerprint density at radius 3 is 2.85 bits per heavy atom. The van der Waals surface area contributed by atoms with Crippen LogP contribution in [0.4, 0.5) is 10.8 Å². The minimum absolute atomic E-state index is 0.0334. The zero-order chi connectivity index (χ0) is 24.2. The van der Waals surface area contributed by atoms with E-state index >= 15 is 0 Å². The third-order valence-corrected chi connectivity index (χ3v) is 6.15. The van der Waals surface area contributed by atoms with Gasteiger partial charge in [-0.1, -0.05) is 6.07 Å². The van der Waals surface area contributed by atoms with Gasteiger partial charge in [0.2, 0.25) is 5.91 Å². The van der Waals surface area contributed by atoms with Crippen LogP contribution in [0.2, 0.25) is 0 Å². The molecular formula is C25H25N3O5S. The zero-order valence-corrected chi connectivity index (χ0v) is 20.2. The number of aromatic nitrogens is 1. The third kappa shape index (κ3) is 4.89. The lowest BCUT2D eigenvalue weighted by Gasteiger charge is -2.26. The van der Waals surface area contributed by atoms with Crippen molar-refractivity contribution in [2.24, 2.45) is 0 Å². The molecule has 9 heteroatoms. The fourth-order valence-corrected chi connectivity index (χ4v) is 4.36. The van der Waals surface area contributed by atoms with Crippen LogP contribution in [0.1, 0.15) is 17.4 Å². The SMILES string of the molecule is CCOc1ccc(/C=C/C(=O)Nc2nc(-c3ccc4c(c3)N(C)C(=O)CO4)c(C)s2)cc1OC. The van der Waals surface area contributed by atoms with Crippen molar-refractivity contribution in [3.05, 3.63) is 52.9 Å². The highest BCUT2D eigenvalue weighted by molar-refractivity contribution is 7.16. The summed E-state index contributed by atoms with van der Waals surface area (Å²) in [5, 5.41) is 3.31. The predicted molar refractivity (Wildman–Crippen MR) is 133 cm³/mol. The van der Waals surface area contributed by atoms with Gasteiger partial charge in [0.15, 0.2) is 23.2 Å². The molecule has 1 aliphatic rings. The molecule has 1 N–H and O–H groups in total. The van der Waals surface area contributed by atoms with Gasteiger partial charge in [-0.3, -0.25) is 14.9 Å². The molecule has 0 atom stereocenters. The number of ether oxygens (including phenoxy) is 3. The number of carbonyl (C=O) groups is 2. The number of nitrogens with zero attached hydrogens (tertiary/aromatic N) is 2. The molecule has 2 heterocycles. The molecule has 0 saturated heterocycles. The van der Waals surface area contributed by atoms with Crippen LogP contribution in [0, 0.1) is 6.92 Å². The number of methoxy groups -OCH3 is 1. The summed E-state index contributed by atoms with van der Waals surface area (Å²) >= 11 is 1.39. The molecule has 8 nitrogen and oxygen atoms in total. The molecule has 0 spiro atoms. The van der Waals surface area contributed by atoms with E-state index in [-0.39, 0.29) is 18.4 Å². The lowest BCUT2D eigenvalue weighted by atomic mass is 10.1. The summed E-state index contributed by atoms with van der Waals surface area (Å²) < 4.78 is 16.4. The second-order valence-corrected chi connectivity index (χ2v) is 8.72. The number of anilines is 2. The number of benzene rings is 2. The number of nitrogens with one attached hydrogen (secondary N) is 1.